The van der Waals surface area contributed by atoms with Crippen molar-refractivity contribution in [1.82, 2.24) is 5.43 Å². The van der Waals surface area contributed by atoms with Crippen LogP contribution in [-0.4, -0.2) is 11.9 Å². The molecule has 3 N–H and O–H groups in total. The van der Waals surface area contributed by atoms with E-state index in [4.69, 9.17) is 5.84 Å². The number of nitrogens with zero attached hydrogens (tertiary/aromatic N) is 1. The molecule has 0 bridgehead atoms. The lowest BCUT2D eigenvalue weighted by Gasteiger charge is -2.16. The second kappa shape index (κ2) is 6.93. The van der Waals surface area contributed by atoms with Gasteiger partial charge in [0.2, 0.25) is 0 Å². The molecule has 21 heavy (non-hydrogen) atoms. The van der Waals surface area contributed by atoms with Crippen LogP contribution in [0.4, 0.5) is 13.2 Å². The molecular formula is C15H20F3N3. The number of halogens is 3. The highest BCUT2D eigenvalue weighted by Crippen LogP contribution is 2.32. The van der Waals surface area contributed by atoms with E-state index in [1.54, 1.807) is 6.07 Å². The summed E-state index contributed by atoms with van der Waals surface area (Å²) in [5.41, 5.74) is 1.65. The Morgan fingerprint density at radius 1 is 1.10 bits per heavy atom. The summed E-state index contributed by atoms with van der Waals surface area (Å²) in [6, 6.07) is 5.42. The second-order valence-electron chi connectivity index (χ2n) is 5.31. The van der Waals surface area contributed by atoms with E-state index in [9.17, 15) is 13.2 Å². The van der Waals surface area contributed by atoms with E-state index in [1.807, 2.05) is 0 Å². The zero-order valence-corrected chi connectivity index (χ0v) is 11.8. The molecule has 0 heterocycles. The van der Waals surface area contributed by atoms with Gasteiger partial charge >= 0.3 is 6.18 Å². The number of amidine groups is 1. The van der Waals surface area contributed by atoms with Gasteiger partial charge in [0.15, 0.2) is 0 Å². The van der Waals surface area contributed by atoms with E-state index in [2.05, 4.69) is 10.4 Å². The fourth-order valence-electron chi connectivity index (χ4n) is 2.69. The molecular weight excluding hydrogens is 279 g/mol. The second-order valence-corrected chi connectivity index (χ2v) is 5.31. The predicted molar refractivity (Wildman–Crippen MR) is 76.8 cm³/mol. The van der Waals surface area contributed by atoms with Crippen LogP contribution in [0.25, 0.3) is 0 Å². The average molecular weight is 299 g/mol. The minimum atomic E-state index is -4.42. The molecule has 1 fully saturated rings. The van der Waals surface area contributed by atoms with Gasteiger partial charge in [-0.25, -0.2) is 5.84 Å². The molecule has 1 saturated carbocycles. The van der Waals surface area contributed by atoms with Crippen molar-refractivity contribution < 1.29 is 13.2 Å². The third kappa shape index (κ3) is 4.20. The lowest BCUT2D eigenvalue weighted by atomic mass is 10.1. The molecule has 0 amide bonds. The van der Waals surface area contributed by atoms with Crippen LogP contribution >= 0.6 is 0 Å². The highest BCUT2D eigenvalue weighted by Gasteiger charge is 2.34. The van der Waals surface area contributed by atoms with E-state index in [0.717, 1.165) is 44.6 Å². The normalized spacial score (nSPS) is 18.4. The van der Waals surface area contributed by atoms with E-state index in [1.165, 1.54) is 12.1 Å². The number of aliphatic imine (C=N–C) groups is 1. The lowest BCUT2D eigenvalue weighted by molar-refractivity contribution is -0.137. The molecule has 1 aromatic carbocycles. The molecule has 1 aromatic rings. The third-order valence-corrected chi connectivity index (χ3v) is 3.76. The number of nitrogens with two attached hydrogens (primary N) is 1. The smallest absolute Gasteiger partial charge is 0.308 e. The van der Waals surface area contributed by atoms with Crippen LogP contribution in [0.1, 0.15) is 49.7 Å². The number of nitrogens with one attached hydrogen (secondary N) is 1. The van der Waals surface area contributed by atoms with Gasteiger partial charge in [0.05, 0.1) is 11.6 Å². The first kappa shape index (κ1) is 15.8. The largest absolute Gasteiger partial charge is 0.417 e. The van der Waals surface area contributed by atoms with Gasteiger partial charge in [-0.15, -0.1) is 0 Å². The van der Waals surface area contributed by atoms with Crippen molar-refractivity contribution in [3.8, 4) is 0 Å². The van der Waals surface area contributed by atoms with E-state index in [-0.39, 0.29) is 17.4 Å². The predicted octanol–water partition coefficient (Wildman–Crippen LogP) is 3.64. The van der Waals surface area contributed by atoms with Crippen molar-refractivity contribution in [1.29, 1.82) is 0 Å². The number of alkyl halides is 3. The summed E-state index contributed by atoms with van der Waals surface area (Å²) in [5, 5.41) is 0. The molecule has 0 aliphatic heterocycles. The van der Waals surface area contributed by atoms with Gasteiger partial charge in [0.1, 0.15) is 5.84 Å². The first-order valence-corrected chi connectivity index (χ1v) is 7.23. The SMILES string of the molecule is NNC(=NC1CCCCCC1)c1ccccc1C(F)(F)F. The van der Waals surface area contributed by atoms with Gasteiger partial charge in [-0.3, -0.25) is 4.99 Å². The molecule has 1 aliphatic carbocycles. The Labute approximate surface area is 122 Å². The Hall–Kier alpha value is -1.56. The van der Waals surface area contributed by atoms with Crippen LogP contribution in [0.3, 0.4) is 0 Å². The van der Waals surface area contributed by atoms with Crippen LogP contribution < -0.4 is 11.3 Å². The number of hydrazine groups is 1. The maximum absolute atomic E-state index is 13.1. The van der Waals surface area contributed by atoms with Crippen LogP contribution in [0.2, 0.25) is 0 Å². The summed E-state index contributed by atoms with van der Waals surface area (Å²) < 4.78 is 39.2. The van der Waals surface area contributed by atoms with Crippen LogP contribution in [0, 0.1) is 0 Å². The highest BCUT2D eigenvalue weighted by atomic mass is 19.4. The molecule has 0 aromatic heterocycles. The summed E-state index contributed by atoms with van der Waals surface area (Å²) >= 11 is 0. The zero-order valence-electron chi connectivity index (χ0n) is 11.8. The van der Waals surface area contributed by atoms with Gasteiger partial charge in [0, 0.05) is 5.56 Å². The number of benzene rings is 1. The first-order chi connectivity index (χ1) is 10.0. The fraction of sp³-hybridized carbons (Fsp3) is 0.533. The molecule has 116 valence electrons. The Morgan fingerprint density at radius 2 is 1.71 bits per heavy atom. The third-order valence-electron chi connectivity index (χ3n) is 3.76. The quantitative estimate of drug-likeness (QED) is 0.288. The Kier molecular flexibility index (Phi) is 5.22. The Bertz CT molecular complexity index is 489. The summed E-state index contributed by atoms with van der Waals surface area (Å²) in [7, 11) is 0. The molecule has 1 aliphatic rings. The minimum Gasteiger partial charge on any atom is -0.308 e. The molecule has 0 spiro atoms. The molecule has 3 nitrogen and oxygen atoms in total. The maximum Gasteiger partial charge on any atom is 0.417 e. The number of hydrogen-bond donors (Lipinski definition) is 2. The van der Waals surface area contributed by atoms with Crippen molar-refractivity contribution in [3.63, 3.8) is 0 Å². The standard InChI is InChI=1S/C15H20F3N3/c16-15(17,18)13-10-6-5-9-12(13)14(21-19)20-11-7-3-1-2-4-8-11/h5-6,9-11H,1-4,7-8,19H2,(H,20,21). The Balaban J connectivity index is 2.32. The summed E-state index contributed by atoms with van der Waals surface area (Å²) in [6.45, 7) is 0. The van der Waals surface area contributed by atoms with Gasteiger partial charge < -0.3 is 5.43 Å². The van der Waals surface area contributed by atoms with E-state index < -0.39 is 11.7 Å². The van der Waals surface area contributed by atoms with Crippen molar-refractivity contribution in [3.05, 3.63) is 35.4 Å². The molecule has 6 heteroatoms. The topological polar surface area (TPSA) is 50.4 Å². The molecule has 0 unspecified atom stereocenters. The molecule has 2 rings (SSSR count). The minimum absolute atomic E-state index is 0.0109. The number of hydrogen-bond acceptors (Lipinski definition) is 2. The van der Waals surface area contributed by atoms with E-state index >= 15 is 0 Å². The average Bonchev–Trinajstić information content (AvgIpc) is 2.72. The molecule has 0 saturated heterocycles. The maximum atomic E-state index is 13.1. The summed E-state index contributed by atoms with van der Waals surface area (Å²) in [6.07, 6.45) is 1.84. The monoisotopic (exact) mass is 299 g/mol. The van der Waals surface area contributed by atoms with Gasteiger partial charge in [0.25, 0.3) is 0 Å². The summed E-state index contributed by atoms with van der Waals surface area (Å²) in [4.78, 5) is 4.44. The lowest BCUT2D eigenvalue weighted by Crippen LogP contribution is -2.34. The van der Waals surface area contributed by atoms with Crippen molar-refractivity contribution >= 4 is 5.84 Å². The highest BCUT2D eigenvalue weighted by molar-refractivity contribution is 6.00. The Morgan fingerprint density at radius 3 is 2.29 bits per heavy atom. The van der Waals surface area contributed by atoms with Crippen molar-refractivity contribution in [2.24, 2.45) is 10.8 Å². The van der Waals surface area contributed by atoms with Gasteiger partial charge in [-0.05, 0) is 18.9 Å². The van der Waals surface area contributed by atoms with Crippen LogP contribution in [0.5, 0.6) is 0 Å². The fourth-order valence-corrected chi connectivity index (χ4v) is 2.69. The van der Waals surface area contributed by atoms with Crippen molar-refractivity contribution in [2.75, 3.05) is 0 Å². The number of rotatable bonds is 2. The van der Waals surface area contributed by atoms with Crippen LogP contribution in [0.15, 0.2) is 29.3 Å². The first-order valence-electron chi connectivity index (χ1n) is 7.23. The van der Waals surface area contributed by atoms with Gasteiger partial charge in [-0.1, -0.05) is 43.9 Å². The zero-order chi connectivity index (χ0) is 15.3. The molecule has 0 atom stereocenters. The summed E-state index contributed by atoms with van der Waals surface area (Å²) in [5.74, 6) is 5.55. The van der Waals surface area contributed by atoms with E-state index in [0.29, 0.717) is 0 Å². The van der Waals surface area contributed by atoms with Crippen molar-refractivity contribution in [2.45, 2.75) is 50.7 Å². The van der Waals surface area contributed by atoms with Gasteiger partial charge in [-0.2, -0.15) is 13.2 Å². The molecule has 0 radical (unpaired) electrons. The van der Waals surface area contributed by atoms with Crippen LogP contribution in [-0.2, 0) is 6.18 Å².